The highest BCUT2D eigenvalue weighted by Crippen LogP contribution is 2.11. The molecule has 0 aliphatic carbocycles. The van der Waals surface area contributed by atoms with Crippen molar-refractivity contribution in [1.82, 2.24) is 20.4 Å². The van der Waals surface area contributed by atoms with E-state index >= 15 is 0 Å². The quantitative estimate of drug-likeness (QED) is 0.415. The number of rotatable bonds is 12. The number of hydrogen-bond donors (Lipinski definition) is 2. The molecule has 1 aliphatic heterocycles. The molecule has 1 heterocycles. The Morgan fingerprint density at radius 2 is 1.57 bits per heavy atom. The van der Waals surface area contributed by atoms with E-state index in [0.717, 1.165) is 11.1 Å². The van der Waals surface area contributed by atoms with Crippen LogP contribution in [-0.4, -0.2) is 79.0 Å². The number of nitrogens with one attached hydrogen (secondary N) is 2. The summed E-state index contributed by atoms with van der Waals surface area (Å²) < 4.78 is 10.6. The van der Waals surface area contributed by atoms with Gasteiger partial charge in [-0.15, -0.1) is 0 Å². The summed E-state index contributed by atoms with van der Waals surface area (Å²) in [6.07, 6.45) is -0.258. The fourth-order valence-corrected chi connectivity index (χ4v) is 4.32. The first kappa shape index (κ1) is 30.6. The Morgan fingerprint density at radius 1 is 0.975 bits per heavy atom. The van der Waals surface area contributed by atoms with E-state index in [9.17, 15) is 19.2 Å². The molecule has 10 nitrogen and oxygen atoms in total. The van der Waals surface area contributed by atoms with Crippen LogP contribution in [0.15, 0.2) is 60.7 Å². The first-order valence-electron chi connectivity index (χ1n) is 13.7. The number of carbonyl (C=O) groups excluding carboxylic acids is 4. The van der Waals surface area contributed by atoms with Crippen LogP contribution in [0, 0.1) is 5.92 Å². The monoisotopic (exact) mass is 552 g/mol. The maximum Gasteiger partial charge on any atom is 0.409 e. The number of ketones is 1. The minimum absolute atomic E-state index is 0.0968. The first-order valence-corrected chi connectivity index (χ1v) is 13.7. The molecular weight excluding hydrogens is 512 g/mol. The predicted octanol–water partition coefficient (Wildman–Crippen LogP) is 3.36. The van der Waals surface area contributed by atoms with Crippen LogP contribution >= 0.6 is 0 Å². The Hall–Kier alpha value is -3.92. The van der Waals surface area contributed by atoms with Crippen LogP contribution in [0.2, 0.25) is 0 Å². The lowest BCUT2D eigenvalue weighted by Gasteiger charge is -2.33. The smallest absolute Gasteiger partial charge is 0.409 e. The van der Waals surface area contributed by atoms with E-state index in [2.05, 4.69) is 10.6 Å². The van der Waals surface area contributed by atoms with Gasteiger partial charge in [0.2, 0.25) is 5.91 Å². The molecule has 10 heteroatoms. The number of likely N-dealkylation sites (N-methyl/N-ethyl adjacent to an activating group) is 1. The van der Waals surface area contributed by atoms with Gasteiger partial charge in [-0.3, -0.25) is 14.5 Å². The summed E-state index contributed by atoms with van der Waals surface area (Å²) in [4.78, 5) is 54.0. The maximum atomic E-state index is 13.0. The highest BCUT2D eigenvalue weighted by molar-refractivity contribution is 5.93. The summed E-state index contributed by atoms with van der Waals surface area (Å²) in [6.45, 7) is 5.87. The van der Waals surface area contributed by atoms with Crippen LogP contribution in [0.25, 0.3) is 0 Å². The molecule has 2 atom stereocenters. The minimum atomic E-state index is -0.815. The average molecular weight is 553 g/mol. The lowest BCUT2D eigenvalue weighted by molar-refractivity contribution is -0.131. The van der Waals surface area contributed by atoms with Crippen LogP contribution < -0.4 is 10.6 Å². The molecule has 1 fully saturated rings. The van der Waals surface area contributed by atoms with Crippen LogP contribution in [0.1, 0.15) is 37.8 Å². The van der Waals surface area contributed by atoms with Crippen molar-refractivity contribution in [3.8, 4) is 0 Å². The van der Waals surface area contributed by atoms with Crippen molar-refractivity contribution in [3.63, 3.8) is 0 Å². The van der Waals surface area contributed by atoms with Gasteiger partial charge in [-0.2, -0.15) is 0 Å². The van der Waals surface area contributed by atoms with Crippen molar-refractivity contribution < 1.29 is 28.7 Å². The molecule has 0 aromatic heterocycles. The standard InChI is InChI=1S/C30H40N4O6/c1-22(2)18-26(32-29(37)39-20-23-10-6-4-7-11-23)28(36)31-25-14-15-34(19-27(25)35)17-16-33(3)30(38)40-21-24-12-8-5-9-13-24/h4-13,22,25-26H,14-21H2,1-3H3,(H,31,36)(H,32,37)/t25?,26-/m0/s1. The number of benzene rings is 2. The average Bonchev–Trinajstić information content (AvgIpc) is 2.95. The van der Waals surface area contributed by atoms with E-state index in [1.807, 2.05) is 79.4 Å². The molecule has 2 aromatic rings. The molecule has 1 saturated heterocycles. The van der Waals surface area contributed by atoms with E-state index in [0.29, 0.717) is 32.5 Å². The van der Waals surface area contributed by atoms with E-state index in [-0.39, 0.29) is 31.5 Å². The predicted molar refractivity (Wildman–Crippen MR) is 150 cm³/mol. The minimum Gasteiger partial charge on any atom is -0.445 e. The summed E-state index contributed by atoms with van der Waals surface area (Å²) in [7, 11) is 1.66. The van der Waals surface area contributed by atoms with Gasteiger partial charge in [0, 0.05) is 26.7 Å². The second-order valence-electron chi connectivity index (χ2n) is 10.4. The molecule has 3 rings (SSSR count). The summed E-state index contributed by atoms with van der Waals surface area (Å²) in [5.74, 6) is -0.374. The van der Waals surface area contributed by atoms with Crippen LogP contribution in [0.4, 0.5) is 9.59 Å². The summed E-state index contributed by atoms with van der Waals surface area (Å²) in [5.41, 5.74) is 1.75. The van der Waals surface area contributed by atoms with Crippen molar-refractivity contribution in [3.05, 3.63) is 71.8 Å². The summed E-state index contributed by atoms with van der Waals surface area (Å²) in [5, 5.41) is 5.47. The van der Waals surface area contributed by atoms with Gasteiger partial charge in [-0.25, -0.2) is 9.59 Å². The van der Waals surface area contributed by atoms with Crippen molar-refractivity contribution >= 4 is 23.9 Å². The molecule has 1 unspecified atom stereocenters. The van der Waals surface area contributed by atoms with Gasteiger partial charge < -0.3 is 25.0 Å². The first-order chi connectivity index (χ1) is 19.2. The van der Waals surface area contributed by atoms with Gasteiger partial charge in [0.05, 0.1) is 12.6 Å². The van der Waals surface area contributed by atoms with E-state index < -0.39 is 30.2 Å². The van der Waals surface area contributed by atoms with Crippen molar-refractivity contribution in [2.45, 2.75) is 52.0 Å². The van der Waals surface area contributed by atoms with Crippen molar-refractivity contribution in [2.24, 2.45) is 5.92 Å². The number of amides is 3. The summed E-state index contributed by atoms with van der Waals surface area (Å²) in [6, 6.07) is 17.3. The highest BCUT2D eigenvalue weighted by atomic mass is 16.6. The fourth-order valence-electron chi connectivity index (χ4n) is 4.32. The van der Waals surface area contributed by atoms with Crippen LogP contribution in [0.5, 0.6) is 0 Å². The number of hydrogen-bond acceptors (Lipinski definition) is 7. The molecule has 2 aromatic carbocycles. The van der Waals surface area contributed by atoms with Crippen molar-refractivity contribution in [2.75, 3.05) is 33.2 Å². The van der Waals surface area contributed by atoms with Gasteiger partial charge in [-0.1, -0.05) is 74.5 Å². The number of nitrogens with zero attached hydrogens (tertiary/aromatic N) is 2. The van der Waals surface area contributed by atoms with E-state index in [4.69, 9.17) is 9.47 Å². The molecule has 0 spiro atoms. The Kier molecular flexibility index (Phi) is 12.0. The third-order valence-electron chi connectivity index (χ3n) is 6.62. The number of alkyl carbamates (subject to hydrolysis) is 1. The fraction of sp³-hybridized carbons (Fsp3) is 0.467. The SMILES string of the molecule is CC(C)C[C@H](NC(=O)OCc1ccccc1)C(=O)NC1CCN(CCN(C)C(=O)OCc2ccccc2)CC1=O. The number of Topliss-reactive ketones (excluding diaryl/α,β-unsaturated/α-hetero) is 1. The lowest BCUT2D eigenvalue weighted by Crippen LogP contribution is -2.56. The molecule has 1 aliphatic rings. The second-order valence-corrected chi connectivity index (χ2v) is 10.4. The molecule has 0 radical (unpaired) electrons. The zero-order chi connectivity index (χ0) is 28.9. The van der Waals surface area contributed by atoms with E-state index in [1.165, 1.54) is 4.90 Å². The molecule has 216 valence electrons. The highest BCUT2D eigenvalue weighted by Gasteiger charge is 2.31. The molecular formula is C30H40N4O6. The van der Waals surface area contributed by atoms with Gasteiger partial charge in [-0.05, 0) is 29.9 Å². The number of piperidine rings is 1. The molecule has 0 saturated carbocycles. The third-order valence-corrected chi connectivity index (χ3v) is 6.62. The Labute approximate surface area is 236 Å². The largest absolute Gasteiger partial charge is 0.445 e. The zero-order valence-electron chi connectivity index (χ0n) is 23.5. The van der Waals surface area contributed by atoms with Crippen LogP contribution in [-0.2, 0) is 32.3 Å². The van der Waals surface area contributed by atoms with Gasteiger partial charge >= 0.3 is 12.2 Å². The molecule has 40 heavy (non-hydrogen) atoms. The normalized spacial score (nSPS) is 16.2. The number of ether oxygens (including phenoxy) is 2. The second kappa shape index (κ2) is 15.6. The van der Waals surface area contributed by atoms with Crippen molar-refractivity contribution in [1.29, 1.82) is 0 Å². The Morgan fingerprint density at radius 3 is 2.15 bits per heavy atom. The van der Waals surface area contributed by atoms with Gasteiger partial charge in [0.1, 0.15) is 19.3 Å². The third kappa shape index (κ3) is 10.3. The summed E-state index contributed by atoms with van der Waals surface area (Å²) >= 11 is 0. The topological polar surface area (TPSA) is 117 Å². The number of carbonyl (C=O) groups is 4. The number of likely N-dealkylation sites (tertiary alicyclic amines) is 1. The van der Waals surface area contributed by atoms with Crippen LogP contribution in [0.3, 0.4) is 0 Å². The molecule has 3 amide bonds. The van der Waals surface area contributed by atoms with Gasteiger partial charge in [0.25, 0.3) is 0 Å². The maximum absolute atomic E-state index is 13.0. The molecule has 2 N–H and O–H groups in total. The van der Waals surface area contributed by atoms with E-state index in [1.54, 1.807) is 7.05 Å². The zero-order valence-corrected chi connectivity index (χ0v) is 23.5. The lowest BCUT2D eigenvalue weighted by atomic mass is 10.00. The van der Waals surface area contributed by atoms with Gasteiger partial charge in [0.15, 0.2) is 5.78 Å². The molecule has 0 bridgehead atoms. The Bertz CT molecular complexity index is 1110. The Balaban J connectivity index is 1.41.